The van der Waals surface area contributed by atoms with Crippen LogP contribution >= 0.6 is 0 Å². The summed E-state index contributed by atoms with van der Waals surface area (Å²) in [4.78, 5) is 68.6. The number of carbonyl (C=O) groups excluding carboxylic acids is 5. The SMILES string of the molecule is CO[C@H]1[C@H](OC(C)=O)C2=C(C)[C@@H](OC(=O)[C@H](O)[C@@H](NC(=O)c3ccccc3)c3ccccc3)C[C@@](O)([C@@H](OC(=O)c3ccccc3)[C@H]3[C@@]1(C)[C@@H](O)CC1OC[C@]13OC(C)=O)C2(C)C. The van der Waals surface area contributed by atoms with Crippen LogP contribution in [0, 0.1) is 16.7 Å². The maximum absolute atomic E-state index is 14.4. The molecule has 1 aliphatic heterocycles. The minimum atomic E-state index is -2.30. The van der Waals surface area contributed by atoms with Gasteiger partial charge >= 0.3 is 23.9 Å². The van der Waals surface area contributed by atoms with Gasteiger partial charge in [0.05, 0.1) is 30.2 Å². The average Bonchev–Trinajstić information content (AvgIpc) is 3.25. The summed E-state index contributed by atoms with van der Waals surface area (Å²) in [7, 11) is 1.36. The predicted molar refractivity (Wildman–Crippen MR) is 223 cm³/mol. The summed E-state index contributed by atoms with van der Waals surface area (Å²) in [6.45, 7) is 8.83. The Morgan fingerprint density at radius 1 is 0.810 bits per heavy atom. The van der Waals surface area contributed by atoms with Crippen LogP contribution in [0.15, 0.2) is 102 Å². The lowest BCUT2D eigenvalue weighted by molar-refractivity contribution is -0.366. The molecule has 4 N–H and O–H groups in total. The van der Waals surface area contributed by atoms with E-state index in [4.69, 9.17) is 28.4 Å². The fraction of sp³-hybridized carbons (Fsp3) is 0.479. The van der Waals surface area contributed by atoms with Gasteiger partial charge in [-0.2, -0.15) is 0 Å². The number of esters is 4. The number of aliphatic hydroxyl groups is 3. The molecule has 7 rings (SSSR count). The zero-order valence-corrected chi connectivity index (χ0v) is 36.3. The van der Waals surface area contributed by atoms with E-state index in [1.54, 1.807) is 107 Å². The Kier molecular flexibility index (Phi) is 12.5. The molecule has 2 saturated carbocycles. The first-order valence-electron chi connectivity index (χ1n) is 21.0. The van der Waals surface area contributed by atoms with Crippen LogP contribution in [-0.2, 0) is 42.8 Å². The lowest BCUT2D eigenvalue weighted by atomic mass is 9.44. The smallest absolute Gasteiger partial charge is 0.338 e. The molecule has 1 unspecified atom stereocenters. The van der Waals surface area contributed by atoms with E-state index in [2.05, 4.69) is 5.32 Å². The van der Waals surface area contributed by atoms with E-state index in [0.29, 0.717) is 11.1 Å². The molecular weight excluding hydrogens is 815 g/mol. The van der Waals surface area contributed by atoms with Gasteiger partial charge < -0.3 is 49.1 Å². The van der Waals surface area contributed by atoms with Crippen LogP contribution in [0.1, 0.15) is 86.7 Å². The molecule has 2 bridgehead atoms. The quantitative estimate of drug-likeness (QED) is 0.121. The van der Waals surface area contributed by atoms with Crippen molar-refractivity contribution in [2.45, 2.75) is 114 Å². The normalized spacial score (nSPS) is 32.7. The van der Waals surface area contributed by atoms with Crippen LogP contribution in [0.5, 0.6) is 0 Å². The summed E-state index contributed by atoms with van der Waals surface area (Å²) in [6.07, 6.45) is -10.5. The van der Waals surface area contributed by atoms with Crippen molar-refractivity contribution in [2.75, 3.05) is 13.7 Å². The van der Waals surface area contributed by atoms with Crippen molar-refractivity contribution >= 4 is 29.8 Å². The van der Waals surface area contributed by atoms with E-state index in [0.717, 1.165) is 0 Å². The molecule has 3 aliphatic carbocycles. The van der Waals surface area contributed by atoms with Crippen molar-refractivity contribution < 1.29 is 67.7 Å². The summed E-state index contributed by atoms with van der Waals surface area (Å²) < 4.78 is 37.4. The molecule has 336 valence electrons. The van der Waals surface area contributed by atoms with Crippen LogP contribution in [0.3, 0.4) is 0 Å². The van der Waals surface area contributed by atoms with E-state index < -0.39 is 113 Å². The number of methoxy groups -OCH3 is 1. The molecule has 15 heteroatoms. The zero-order valence-electron chi connectivity index (χ0n) is 36.3. The molecule has 4 aliphatic rings. The van der Waals surface area contributed by atoms with Gasteiger partial charge in [-0.1, -0.05) is 87.5 Å². The topological polar surface area (TPSA) is 213 Å². The van der Waals surface area contributed by atoms with Gasteiger partial charge in [-0.05, 0) is 47.9 Å². The minimum absolute atomic E-state index is 0.0619. The van der Waals surface area contributed by atoms with Crippen molar-refractivity contribution in [3.63, 3.8) is 0 Å². The molecule has 1 saturated heterocycles. The van der Waals surface area contributed by atoms with Crippen molar-refractivity contribution in [1.82, 2.24) is 5.32 Å². The van der Waals surface area contributed by atoms with Crippen LogP contribution < -0.4 is 5.32 Å². The monoisotopic (exact) mass is 869 g/mol. The Balaban J connectivity index is 1.40. The third kappa shape index (κ3) is 7.73. The number of carbonyl (C=O) groups is 5. The first-order chi connectivity index (χ1) is 29.8. The lowest BCUT2D eigenvalue weighted by Crippen LogP contribution is -2.82. The summed E-state index contributed by atoms with van der Waals surface area (Å²) in [5.74, 6) is -5.37. The number of nitrogens with one attached hydrogen (secondary N) is 1. The number of ether oxygens (including phenoxy) is 6. The van der Waals surface area contributed by atoms with E-state index in [-0.39, 0.29) is 29.7 Å². The van der Waals surface area contributed by atoms with Crippen molar-refractivity contribution in [1.29, 1.82) is 0 Å². The number of aliphatic hydroxyl groups excluding tert-OH is 2. The van der Waals surface area contributed by atoms with Gasteiger partial charge in [0, 0.05) is 50.2 Å². The fourth-order valence-electron chi connectivity index (χ4n) is 10.8. The third-order valence-corrected chi connectivity index (χ3v) is 13.9. The second-order valence-electron chi connectivity index (χ2n) is 17.8. The number of hydrogen-bond acceptors (Lipinski definition) is 14. The second-order valence-corrected chi connectivity index (χ2v) is 17.8. The van der Waals surface area contributed by atoms with E-state index in [9.17, 15) is 39.3 Å². The molecule has 1 heterocycles. The zero-order chi connectivity index (χ0) is 45.6. The first kappa shape index (κ1) is 45.6. The third-order valence-electron chi connectivity index (χ3n) is 13.9. The molecule has 63 heavy (non-hydrogen) atoms. The summed E-state index contributed by atoms with van der Waals surface area (Å²) >= 11 is 0. The summed E-state index contributed by atoms with van der Waals surface area (Å²) in [5, 5.41) is 40.8. The van der Waals surface area contributed by atoms with Crippen molar-refractivity contribution in [2.24, 2.45) is 16.7 Å². The average molecular weight is 870 g/mol. The fourth-order valence-corrected chi connectivity index (χ4v) is 10.8. The lowest BCUT2D eigenvalue weighted by Gasteiger charge is -2.69. The molecule has 1 amide bonds. The molecule has 3 fully saturated rings. The van der Waals surface area contributed by atoms with Crippen molar-refractivity contribution in [3.05, 3.63) is 119 Å². The van der Waals surface area contributed by atoms with E-state index >= 15 is 0 Å². The highest BCUT2D eigenvalue weighted by atomic mass is 16.6. The first-order valence-corrected chi connectivity index (χ1v) is 21.0. The Bertz CT molecular complexity index is 2250. The molecule has 15 nitrogen and oxygen atoms in total. The van der Waals surface area contributed by atoms with Crippen molar-refractivity contribution in [3.8, 4) is 0 Å². The Labute approximate surface area is 365 Å². The van der Waals surface area contributed by atoms with Gasteiger partial charge in [0.2, 0.25) is 0 Å². The molecule has 3 aromatic carbocycles. The number of benzene rings is 3. The Morgan fingerprint density at radius 3 is 1.94 bits per heavy atom. The Morgan fingerprint density at radius 2 is 1.40 bits per heavy atom. The summed E-state index contributed by atoms with van der Waals surface area (Å²) in [6, 6.07) is 23.4. The number of hydrogen-bond donors (Lipinski definition) is 4. The van der Waals surface area contributed by atoms with Gasteiger partial charge in [-0.25, -0.2) is 9.59 Å². The van der Waals surface area contributed by atoms with E-state index in [1.165, 1.54) is 33.1 Å². The standard InChI is InChI=1S/C48H55NO14/c1-26-32(61-44(56)37(53)36(29-17-11-8-12-18-29)49-42(54)30-19-13-9-14-20-30)24-48(57)41(62-43(55)31-21-15-10-16-22-31)39-46(6,33(52)23-34-47(39,25-59-34)63-28(3)51)40(58-7)38(60-27(2)50)35(26)45(48,4)5/h8-22,32-34,36-41,52-53,57H,23-25H2,1-7H3,(H,49,54)/t32-,33-,34?,36-,37+,38+,39-,40-,41-,46+,47-,48+/m0/s1. The summed E-state index contributed by atoms with van der Waals surface area (Å²) in [5.41, 5.74) is -5.72. The molecular formula is C48H55NO14. The van der Waals surface area contributed by atoms with E-state index in [1.807, 2.05) is 0 Å². The Hall–Kier alpha value is -5.45. The molecule has 0 spiro atoms. The molecule has 12 atom stereocenters. The molecule has 0 aromatic heterocycles. The number of rotatable bonds is 11. The minimum Gasteiger partial charge on any atom is -0.456 e. The highest BCUT2D eigenvalue weighted by Gasteiger charge is 2.78. The van der Waals surface area contributed by atoms with Gasteiger partial charge in [0.25, 0.3) is 5.91 Å². The maximum Gasteiger partial charge on any atom is 0.338 e. The number of fused-ring (bicyclic) bond motifs is 5. The highest BCUT2D eigenvalue weighted by molar-refractivity contribution is 5.95. The molecule has 3 aromatic rings. The predicted octanol–water partition coefficient (Wildman–Crippen LogP) is 4.18. The van der Waals surface area contributed by atoms with Crippen LogP contribution in [-0.4, -0.2) is 113 Å². The van der Waals surface area contributed by atoms with Gasteiger partial charge in [0.1, 0.15) is 30.0 Å². The largest absolute Gasteiger partial charge is 0.456 e. The van der Waals surface area contributed by atoms with Gasteiger partial charge in [-0.15, -0.1) is 0 Å². The second kappa shape index (κ2) is 17.3. The molecule has 0 radical (unpaired) electrons. The van der Waals surface area contributed by atoms with Crippen LogP contribution in [0.2, 0.25) is 0 Å². The van der Waals surface area contributed by atoms with Gasteiger partial charge in [-0.3, -0.25) is 14.4 Å². The van der Waals surface area contributed by atoms with Crippen LogP contribution in [0.4, 0.5) is 0 Å². The van der Waals surface area contributed by atoms with Crippen LogP contribution in [0.25, 0.3) is 0 Å². The van der Waals surface area contributed by atoms with Gasteiger partial charge in [0.15, 0.2) is 17.8 Å². The maximum atomic E-state index is 14.4. The number of amides is 1. The highest BCUT2D eigenvalue weighted by Crippen LogP contribution is 2.65.